The molecule has 3 unspecified atom stereocenters. The minimum Gasteiger partial charge on any atom is -0.341 e. The fraction of sp³-hybridized carbons (Fsp3) is 0.923. The van der Waals surface area contributed by atoms with E-state index < -0.39 is 10.8 Å². The van der Waals surface area contributed by atoms with Crippen molar-refractivity contribution in [1.29, 1.82) is 0 Å². The Hall–Kier alpha value is -0.420. The Morgan fingerprint density at radius 3 is 2.28 bits per heavy atom. The summed E-state index contributed by atoms with van der Waals surface area (Å²) in [6.45, 7) is 5.66. The van der Waals surface area contributed by atoms with Crippen LogP contribution >= 0.6 is 0 Å². The van der Waals surface area contributed by atoms with Crippen LogP contribution in [0, 0.1) is 0 Å². The third-order valence-electron chi connectivity index (χ3n) is 3.31. The molecule has 18 heavy (non-hydrogen) atoms. The molecule has 4 nitrogen and oxygen atoms in total. The Labute approximate surface area is 113 Å². The molecule has 0 radical (unpaired) electrons. The topological polar surface area (TPSA) is 49.4 Å². The van der Waals surface area contributed by atoms with Crippen molar-refractivity contribution in [1.82, 2.24) is 10.2 Å². The smallest absolute Gasteiger partial charge is 0.239 e. The van der Waals surface area contributed by atoms with Crippen molar-refractivity contribution < 1.29 is 9.00 Å². The molecule has 106 valence electrons. The van der Waals surface area contributed by atoms with Gasteiger partial charge in [-0.3, -0.25) is 9.00 Å². The van der Waals surface area contributed by atoms with Gasteiger partial charge >= 0.3 is 0 Å². The van der Waals surface area contributed by atoms with Crippen molar-refractivity contribution in [2.24, 2.45) is 0 Å². The van der Waals surface area contributed by atoms with E-state index in [0.29, 0.717) is 5.75 Å². The summed E-state index contributed by atoms with van der Waals surface area (Å²) in [4.78, 5) is 14.2. The summed E-state index contributed by atoms with van der Waals surface area (Å²) in [6.07, 6.45) is 6.40. The van der Waals surface area contributed by atoms with Crippen molar-refractivity contribution in [3.63, 3.8) is 0 Å². The zero-order chi connectivity index (χ0) is 13.5. The highest BCUT2D eigenvalue weighted by Crippen LogP contribution is 2.10. The van der Waals surface area contributed by atoms with Crippen LogP contribution in [0.25, 0.3) is 0 Å². The van der Waals surface area contributed by atoms with Gasteiger partial charge in [-0.25, -0.2) is 0 Å². The van der Waals surface area contributed by atoms with Crippen LogP contribution < -0.4 is 5.32 Å². The maximum absolute atomic E-state index is 12.3. The summed E-state index contributed by atoms with van der Waals surface area (Å²) in [7, 11) is -0.820. The van der Waals surface area contributed by atoms with E-state index in [-0.39, 0.29) is 18.0 Å². The molecule has 1 aliphatic heterocycles. The first-order chi connectivity index (χ1) is 8.50. The van der Waals surface area contributed by atoms with Crippen molar-refractivity contribution >= 4 is 16.7 Å². The second-order valence-corrected chi connectivity index (χ2v) is 6.75. The number of nitrogens with one attached hydrogen (secondary N) is 1. The first-order valence-corrected chi connectivity index (χ1v) is 8.58. The molecule has 5 heteroatoms. The number of hydrogen-bond acceptors (Lipinski definition) is 3. The zero-order valence-corrected chi connectivity index (χ0v) is 12.6. The van der Waals surface area contributed by atoms with Gasteiger partial charge in [0, 0.05) is 41.9 Å². The molecule has 0 saturated carbocycles. The normalized spacial score (nSPS) is 22.1. The standard InChI is InChI=1S/C13H26N2O2S/c1-11(10-18(3)17)14-12(2)13(16)15-8-6-4-5-7-9-15/h11-12,14H,4-10H2,1-3H3. The molecule has 0 aliphatic carbocycles. The van der Waals surface area contributed by atoms with E-state index in [0.717, 1.165) is 25.9 Å². The first kappa shape index (κ1) is 15.6. The van der Waals surface area contributed by atoms with Crippen molar-refractivity contribution in [2.75, 3.05) is 25.1 Å². The van der Waals surface area contributed by atoms with Gasteiger partial charge in [0.1, 0.15) is 0 Å². The number of carbonyl (C=O) groups excluding carboxylic acids is 1. The number of hydrogen-bond donors (Lipinski definition) is 1. The molecule has 1 N–H and O–H groups in total. The molecule has 0 aromatic rings. The highest BCUT2D eigenvalue weighted by molar-refractivity contribution is 7.84. The predicted molar refractivity (Wildman–Crippen MR) is 76.0 cm³/mol. The minimum absolute atomic E-state index is 0.113. The average molecular weight is 274 g/mol. The van der Waals surface area contributed by atoms with Gasteiger partial charge in [0.2, 0.25) is 5.91 Å². The fourth-order valence-corrected chi connectivity index (χ4v) is 3.26. The first-order valence-electron chi connectivity index (χ1n) is 6.85. The lowest BCUT2D eigenvalue weighted by atomic mass is 10.2. The van der Waals surface area contributed by atoms with Crippen molar-refractivity contribution in [3.8, 4) is 0 Å². The molecule has 1 aliphatic rings. The van der Waals surface area contributed by atoms with Gasteiger partial charge < -0.3 is 10.2 Å². The molecule has 1 amide bonds. The molecule has 0 bridgehead atoms. The van der Waals surface area contributed by atoms with Gasteiger partial charge in [-0.15, -0.1) is 0 Å². The van der Waals surface area contributed by atoms with E-state index >= 15 is 0 Å². The second kappa shape index (κ2) is 7.89. The lowest BCUT2D eigenvalue weighted by Gasteiger charge is -2.26. The van der Waals surface area contributed by atoms with Crippen molar-refractivity contribution in [2.45, 2.75) is 51.6 Å². The van der Waals surface area contributed by atoms with Crippen LogP contribution in [0.2, 0.25) is 0 Å². The van der Waals surface area contributed by atoms with Crippen LogP contribution in [0.1, 0.15) is 39.5 Å². The quantitative estimate of drug-likeness (QED) is 0.818. The lowest BCUT2D eigenvalue weighted by molar-refractivity contribution is -0.133. The van der Waals surface area contributed by atoms with Crippen LogP contribution in [0.5, 0.6) is 0 Å². The molecule has 1 rings (SSSR count). The van der Waals surface area contributed by atoms with Gasteiger partial charge in [-0.2, -0.15) is 0 Å². The van der Waals surface area contributed by atoms with Crippen LogP contribution in [-0.4, -0.2) is 52.2 Å². The highest BCUT2D eigenvalue weighted by Gasteiger charge is 2.22. The molecule has 0 aromatic heterocycles. The van der Waals surface area contributed by atoms with E-state index in [1.54, 1.807) is 6.26 Å². The SMILES string of the molecule is CC(CS(C)=O)NC(C)C(=O)N1CCCCCC1. The molecule has 1 saturated heterocycles. The Kier molecular flexibility index (Phi) is 6.86. The summed E-state index contributed by atoms with van der Waals surface area (Å²) in [6, 6.07) is -0.0663. The van der Waals surface area contributed by atoms with E-state index in [1.165, 1.54) is 12.8 Å². The van der Waals surface area contributed by atoms with Gasteiger partial charge in [-0.05, 0) is 26.7 Å². The second-order valence-electron chi connectivity index (χ2n) is 5.27. The van der Waals surface area contributed by atoms with Crippen LogP contribution in [-0.2, 0) is 15.6 Å². The maximum atomic E-state index is 12.3. The Balaban J connectivity index is 2.41. The summed E-state index contributed by atoms with van der Waals surface area (Å²) in [5.41, 5.74) is 0. The van der Waals surface area contributed by atoms with E-state index in [1.807, 2.05) is 18.7 Å². The van der Waals surface area contributed by atoms with E-state index in [4.69, 9.17) is 0 Å². The number of amides is 1. The zero-order valence-electron chi connectivity index (χ0n) is 11.8. The average Bonchev–Trinajstić information content (AvgIpc) is 2.55. The molecule has 1 heterocycles. The molecule has 0 spiro atoms. The van der Waals surface area contributed by atoms with Gasteiger partial charge in [-0.1, -0.05) is 12.8 Å². The summed E-state index contributed by atoms with van der Waals surface area (Å²) in [5, 5.41) is 3.24. The van der Waals surface area contributed by atoms with Gasteiger partial charge in [0.05, 0.1) is 6.04 Å². The maximum Gasteiger partial charge on any atom is 0.239 e. The third-order valence-corrected chi connectivity index (χ3v) is 4.28. The van der Waals surface area contributed by atoms with Gasteiger partial charge in [0.15, 0.2) is 0 Å². The number of likely N-dealkylation sites (tertiary alicyclic amines) is 1. The van der Waals surface area contributed by atoms with E-state index in [2.05, 4.69) is 5.32 Å². The summed E-state index contributed by atoms with van der Waals surface area (Å²) in [5.74, 6) is 0.781. The number of nitrogens with zero attached hydrogens (tertiary/aromatic N) is 1. The van der Waals surface area contributed by atoms with E-state index in [9.17, 15) is 9.00 Å². The monoisotopic (exact) mass is 274 g/mol. The molecular formula is C13H26N2O2S. The molecular weight excluding hydrogens is 248 g/mol. The summed E-state index contributed by atoms with van der Waals surface area (Å²) < 4.78 is 11.1. The highest BCUT2D eigenvalue weighted by atomic mass is 32.2. The molecule has 1 fully saturated rings. The Bertz CT molecular complexity index is 289. The van der Waals surface area contributed by atoms with Crippen LogP contribution in [0.3, 0.4) is 0 Å². The fourth-order valence-electron chi connectivity index (χ4n) is 2.46. The largest absolute Gasteiger partial charge is 0.341 e. The summed E-state index contributed by atoms with van der Waals surface area (Å²) >= 11 is 0. The van der Waals surface area contributed by atoms with Crippen LogP contribution in [0.4, 0.5) is 0 Å². The predicted octanol–water partition coefficient (Wildman–Crippen LogP) is 1.13. The number of rotatable bonds is 5. The van der Waals surface area contributed by atoms with Crippen LogP contribution in [0.15, 0.2) is 0 Å². The lowest BCUT2D eigenvalue weighted by Crippen LogP contribution is -2.49. The minimum atomic E-state index is -0.820. The van der Waals surface area contributed by atoms with Gasteiger partial charge in [0.25, 0.3) is 0 Å². The molecule has 3 atom stereocenters. The Morgan fingerprint density at radius 2 is 1.78 bits per heavy atom. The van der Waals surface area contributed by atoms with Crippen molar-refractivity contribution in [3.05, 3.63) is 0 Å². The number of carbonyl (C=O) groups is 1. The molecule has 0 aromatic carbocycles. The third kappa shape index (κ3) is 5.48. The Morgan fingerprint density at radius 1 is 1.22 bits per heavy atom.